The second-order valence-corrected chi connectivity index (χ2v) is 14.5. The Hall–Kier alpha value is -1.61. The van der Waals surface area contributed by atoms with E-state index in [-0.39, 0.29) is 37.5 Å². The highest BCUT2D eigenvalue weighted by Crippen LogP contribution is 2.41. The number of aliphatic hydroxyl groups is 5. The summed E-state index contributed by atoms with van der Waals surface area (Å²) in [5, 5.41) is 62.2. The van der Waals surface area contributed by atoms with Gasteiger partial charge in [-0.15, -0.1) is 0 Å². The van der Waals surface area contributed by atoms with Crippen molar-refractivity contribution in [3.8, 4) is 0 Å². The van der Waals surface area contributed by atoms with E-state index in [1.807, 2.05) is 32.8 Å². The Morgan fingerprint density at radius 3 is 2.17 bits per heavy atom. The highest BCUT2D eigenvalue weighted by molar-refractivity contribution is 5.74. The number of carbonyl (C=O) groups excluding carboxylic acids is 1. The largest absolute Gasteiger partial charge is 0.459 e. The van der Waals surface area contributed by atoms with Gasteiger partial charge >= 0.3 is 5.97 Å². The van der Waals surface area contributed by atoms with Gasteiger partial charge in [-0.1, -0.05) is 33.9 Å². The van der Waals surface area contributed by atoms with Crippen LogP contribution in [0.5, 0.6) is 0 Å². The number of rotatable bonds is 8. The number of nitrogens with zero attached hydrogens (tertiary/aromatic N) is 2. The summed E-state index contributed by atoms with van der Waals surface area (Å²) < 4.78 is 18.5. The van der Waals surface area contributed by atoms with Crippen molar-refractivity contribution >= 4 is 5.97 Å². The summed E-state index contributed by atoms with van der Waals surface area (Å²) in [7, 11) is 3.73. The van der Waals surface area contributed by atoms with E-state index in [0.717, 1.165) is 0 Å². The SMILES string of the molecule is C=CN(C=C)C[C@]1(O)C(C)C(=O)O[C@H](CC)[C@@](C)(O)[C@H](O)[C@@H](C)NC[C@H](C)C[C@](C)(O)[C@H](O[C@@H]2O[C@H](C)C[C@H](N(C)C)[C@H]2O)[C@H]1C. The van der Waals surface area contributed by atoms with Crippen LogP contribution in [0.1, 0.15) is 74.7 Å². The molecule has 14 atom stereocenters. The van der Waals surface area contributed by atoms with Gasteiger partial charge in [0.1, 0.15) is 29.5 Å². The van der Waals surface area contributed by atoms with Crippen molar-refractivity contribution in [2.75, 3.05) is 27.2 Å². The van der Waals surface area contributed by atoms with E-state index in [1.54, 1.807) is 27.7 Å². The molecule has 2 aliphatic rings. The van der Waals surface area contributed by atoms with Crippen LogP contribution in [0.4, 0.5) is 0 Å². The Bertz CT molecular complexity index is 1000. The number of hydrogen-bond acceptors (Lipinski definition) is 12. The maximum atomic E-state index is 13.9. The minimum absolute atomic E-state index is 0.165. The number of aliphatic hydroxyl groups excluding tert-OH is 2. The van der Waals surface area contributed by atoms with Gasteiger partial charge in [0.25, 0.3) is 0 Å². The van der Waals surface area contributed by atoms with Gasteiger partial charge in [-0.25, -0.2) is 0 Å². The number of likely N-dealkylation sites (N-methyl/N-ethyl adjacent to an activating group) is 1. The molecule has 1 unspecified atom stereocenters. The van der Waals surface area contributed by atoms with E-state index >= 15 is 0 Å². The van der Waals surface area contributed by atoms with Crippen molar-refractivity contribution in [1.82, 2.24) is 15.1 Å². The highest BCUT2D eigenvalue weighted by Gasteiger charge is 2.55. The third-order valence-electron chi connectivity index (χ3n) is 10.3. The van der Waals surface area contributed by atoms with Gasteiger partial charge in [0.05, 0.1) is 30.3 Å². The summed E-state index contributed by atoms with van der Waals surface area (Å²) in [6.45, 7) is 21.4. The Morgan fingerprint density at radius 2 is 1.65 bits per heavy atom. The third-order valence-corrected chi connectivity index (χ3v) is 10.3. The number of hydrogen-bond donors (Lipinski definition) is 6. The van der Waals surface area contributed by atoms with Crippen LogP contribution in [0.3, 0.4) is 0 Å². The first kappa shape index (κ1) is 40.6. The van der Waals surface area contributed by atoms with Crippen LogP contribution < -0.4 is 5.32 Å². The Balaban J connectivity index is 2.75. The molecule has 12 nitrogen and oxygen atoms in total. The van der Waals surface area contributed by atoms with Gasteiger partial charge in [-0.05, 0) is 92.8 Å². The van der Waals surface area contributed by atoms with E-state index in [4.69, 9.17) is 14.2 Å². The molecule has 0 bridgehead atoms. The second-order valence-electron chi connectivity index (χ2n) is 14.5. The monoisotopic (exact) mass is 657 g/mol. The molecule has 2 saturated heterocycles. The van der Waals surface area contributed by atoms with Gasteiger partial charge < -0.3 is 54.9 Å². The quantitative estimate of drug-likeness (QED) is 0.209. The van der Waals surface area contributed by atoms with Crippen molar-refractivity contribution in [3.63, 3.8) is 0 Å². The maximum absolute atomic E-state index is 13.9. The van der Waals surface area contributed by atoms with Crippen molar-refractivity contribution in [2.24, 2.45) is 17.8 Å². The first-order chi connectivity index (χ1) is 21.2. The fraction of sp³-hybridized carbons (Fsp3) is 0.853. The molecule has 0 amide bonds. The molecule has 2 aliphatic heterocycles. The Morgan fingerprint density at radius 1 is 1.07 bits per heavy atom. The van der Waals surface area contributed by atoms with Crippen molar-refractivity contribution < 1.29 is 44.5 Å². The van der Waals surface area contributed by atoms with Crippen LogP contribution >= 0.6 is 0 Å². The normalized spacial score (nSPS) is 45.3. The van der Waals surface area contributed by atoms with Gasteiger partial charge in [0, 0.05) is 18.0 Å². The summed E-state index contributed by atoms with van der Waals surface area (Å²) in [6, 6.07) is -0.875. The molecule has 2 fully saturated rings. The maximum Gasteiger partial charge on any atom is 0.312 e. The average Bonchev–Trinajstić information content (AvgIpc) is 2.98. The highest BCUT2D eigenvalue weighted by atomic mass is 16.7. The van der Waals surface area contributed by atoms with Crippen LogP contribution in [0.15, 0.2) is 25.6 Å². The molecule has 6 N–H and O–H groups in total. The Kier molecular flexibility index (Phi) is 14.3. The molecule has 46 heavy (non-hydrogen) atoms. The zero-order valence-corrected chi connectivity index (χ0v) is 29.7. The van der Waals surface area contributed by atoms with E-state index in [0.29, 0.717) is 13.0 Å². The molecule has 0 spiro atoms. The molecular weight excluding hydrogens is 594 g/mol. The standard InChI is InChI=1S/C34H63N3O9/c1-13-26-33(10,42)28(39)24(8)35-18-20(4)17-32(9,41)29(46-31-27(38)25(36(11)12)16-21(5)44-31)22(6)34(43,19-37(14-2)15-3)23(7)30(40)45-26/h14-15,20-29,31,35,38-39,41-43H,2-3,13,16-19H2,1,4-12H3/t20-,21-,22-,23?,24-,25+,26-,27-,28-,29-,31+,32+,33-,34-/m1/s1. The summed E-state index contributed by atoms with van der Waals surface area (Å²) in [6.07, 6.45) is -2.14. The lowest BCUT2D eigenvalue weighted by Crippen LogP contribution is -2.63. The predicted octanol–water partition coefficient (Wildman–Crippen LogP) is 1.59. The van der Waals surface area contributed by atoms with E-state index in [1.165, 1.54) is 31.1 Å². The molecule has 0 saturated carbocycles. The molecular formula is C34H63N3O9. The van der Waals surface area contributed by atoms with Crippen LogP contribution in [0, 0.1) is 17.8 Å². The third kappa shape index (κ3) is 9.09. The number of cyclic esters (lactones) is 1. The fourth-order valence-electron chi connectivity index (χ4n) is 7.19. The van der Waals surface area contributed by atoms with Crippen LogP contribution in [0.25, 0.3) is 0 Å². The number of nitrogens with one attached hydrogen (secondary N) is 1. The zero-order chi connectivity index (χ0) is 35.4. The lowest BCUT2D eigenvalue weighted by atomic mass is 9.70. The molecule has 268 valence electrons. The molecule has 2 heterocycles. The van der Waals surface area contributed by atoms with Crippen LogP contribution in [0.2, 0.25) is 0 Å². The summed E-state index contributed by atoms with van der Waals surface area (Å²) in [5.74, 6) is -3.17. The van der Waals surface area contributed by atoms with Crippen LogP contribution in [-0.4, -0.2) is 134 Å². The van der Waals surface area contributed by atoms with E-state index in [2.05, 4.69) is 18.5 Å². The number of ether oxygens (including phenoxy) is 3. The molecule has 0 aliphatic carbocycles. The molecule has 0 aromatic carbocycles. The summed E-state index contributed by atoms with van der Waals surface area (Å²) in [5.41, 5.74) is -5.36. The van der Waals surface area contributed by atoms with Crippen LogP contribution in [-0.2, 0) is 19.0 Å². The lowest BCUT2D eigenvalue weighted by Gasteiger charge is -2.50. The van der Waals surface area contributed by atoms with Gasteiger partial charge in [0.15, 0.2) is 6.29 Å². The minimum Gasteiger partial charge on any atom is -0.459 e. The first-order valence-electron chi connectivity index (χ1n) is 16.6. The lowest BCUT2D eigenvalue weighted by molar-refractivity contribution is -0.304. The number of esters is 1. The topological polar surface area (TPSA) is 164 Å². The average molecular weight is 658 g/mol. The zero-order valence-electron chi connectivity index (χ0n) is 29.7. The van der Waals surface area contributed by atoms with Gasteiger partial charge in [0.2, 0.25) is 0 Å². The second kappa shape index (κ2) is 16.2. The van der Waals surface area contributed by atoms with E-state index < -0.39 is 71.4 Å². The fourth-order valence-corrected chi connectivity index (χ4v) is 7.19. The Labute approximate surface area is 276 Å². The summed E-state index contributed by atoms with van der Waals surface area (Å²) in [4.78, 5) is 17.3. The predicted molar refractivity (Wildman–Crippen MR) is 176 cm³/mol. The number of carbonyl (C=O) groups is 1. The molecule has 0 aromatic heterocycles. The van der Waals surface area contributed by atoms with Gasteiger partial charge in [-0.3, -0.25) is 4.79 Å². The summed E-state index contributed by atoms with van der Waals surface area (Å²) >= 11 is 0. The molecule has 2 rings (SSSR count). The van der Waals surface area contributed by atoms with Crippen molar-refractivity contribution in [1.29, 1.82) is 0 Å². The van der Waals surface area contributed by atoms with Crippen molar-refractivity contribution in [2.45, 2.75) is 140 Å². The van der Waals surface area contributed by atoms with E-state index in [9.17, 15) is 30.3 Å². The molecule has 0 radical (unpaired) electrons. The minimum atomic E-state index is -1.93. The smallest absolute Gasteiger partial charge is 0.312 e. The molecule has 12 heteroatoms. The van der Waals surface area contributed by atoms with Crippen molar-refractivity contribution in [3.05, 3.63) is 25.6 Å². The van der Waals surface area contributed by atoms with Gasteiger partial charge in [-0.2, -0.15) is 0 Å². The molecule has 0 aromatic rings. The first-order valence-corrected chi connectivity index (χ1v) is 16.6.